The van der Waals surface area contributed by atoms with E-state index < -0.39 is 0 Å². The Hall–Kier alpha value is -3.08. The lowest BCUT2D eigenvalue weighted by Gasteiger charge is -2.08. The van der Waals surface area contributed by atoms with Crippen molar-refractivity contribution >= 4 is 17.3 Å². The standard InChI is InChI=1S/C16H14N4O.C2H6/c17-13-3-1-2-4-14(13)20-16(21)12-7-5-11(6-8-12)15-18-9-10-19-15;1-2/h1-10H,17H2,(H,18,19)(H,20,21);1-2H3. The first-order valence-corrected chi connectivity index (χ1v) is 7.50. The molecule has 118 valence electrons. The van der Waals surface area contributed by atoms with Crippen LogP contribution < -0.4 is 11.1 Å². The van der Waals surface area contributed by atoms with Gasteiger partial charge in [0.1, 0.15) is 5.82 Å². The number of carbonyl (C=O) groups excluding carboxylic acids is 1. The van der Waals surface area contributed by atoms with Crippen molar-refractivity contribution in [1.82, 2.24) is 9.97 Å². The monoisotopic (exact) mass is 308 g/mol. The number of anilines is 2. The average molecular weight is 308 g/mol. The molecule has 4 N–H and O–H groups in total. The molecule has 0 unspecified atom stereocenters. The SMILES string of the molecule is CC.Nc1ccccc1NC(=O)c1ccc(-c2ncc[nH]2)cc1. The minimum absolute atomic E-state index is 0.195. The molecule has 5 nitrogen and oxygen atoms in total. The number of carbonyl (C=O) groups is 1. The minimum Gasteiger partial charge on any atom is -0.397 e. The van der Waals surface area contributed by atoms with Gasteiger partial charge in [-0.15, -0.1) is 0 Å². The molecular weight excluding hydrogens is 288 g/mol. The van der Waals surface area contributed by atoms with Gasteiger partial charge in [0.25, 0.3) is 5.91 Å². The van der Waals surface area contributed by atoms with Crippen LogP contribution in [0, 0.1) is 0 Å². The zero-order valence-electron chi connectivity index (χ0n) is 13.2. The van der Waals surface area contributed by atoms with Crippen LogP contribution in [-0.4, -0.2) is 15.9 Å². The van der Waals surface area contributed by atoms with Crippen molar-refractivity contribution in [3.05, 3.63) is 66.5 Å². The average Bonchev–Trinajstić information content (AvgIpc) is 3.13. The smallest absolute Gasteiger partial charge is 0.255 e. The maximum atomic E-state index is 12.2. The molecule has 23 heavy (non-hydrogen) atoms. The number of nitrogen functional groups attached to an aromatic ring is 1. The highest BCUT2D eigenvalue weighted by molar-refractivity contribution is 6.05. The van der Waals surface area contributed by atoms with Gasteiger partial charge in [0.05, 0.1) is 11.4 Å². The van der Waals surface area contributed by atoms with Crippen LogP contribution in [-0.2, 0) is 0 Å². The topological polar surface area (TPSA) is 83.8 Å². The minimum atomic E-state index is -0.195. The predicted molar refractivity (Wildman–Crippen MR) is 94.2 cm³/mol. The Balaban J connectivity index is 0.000000924. The van der Waals surface area contributed by atoms with Crippen molar-refractivity contribution in [3.63, 3.8) is 0 Å². The number of aromatic nitrogens is 2. The summed E-state index contributed by atoms with van der Waals surface area (Å²) in [7, 11) is 0. The molecule has 0 fully saturated rings. The fourth-order valence-corrected chi connectivity index (χ4v) is 2.01. The van der Waals surface area contributed by atoms with Gasteiger partial charge in [-0.1, -0.05) is 38.1 Å². The molecule has 0 spiro atoms. The van der Waals surface area contributed by atoms with Gasteiger partial charge in [0, 0.05) is 23.5 Å². The number of hydrogen-bond acceptors (Lipinski definition) is 3. The van der Waals surface area contributed by atoms with Gasteiger partial charge in [0.15, 0.2) is 0 Å². The van der Waals surface area contributed by atoms with E-state index in [1.165, 1.54) is 0 Å². The number of amides is 1. The molecular formula is C18H20N4O. The number of nitrogens with two attached hydrogens (primary N) is 1. The Morgan fingerprint density at radius 3 is 2.39 bits per heavy atom. The van der Waals surface area contributed by atoms with E-state index in [0.717, 1.165) is 11.4 Å². The molecule has 1 amide bonds. The van der Waals surface area contributed by atoms with E-state index in [1.807, 2.05) is 38.1 Å². The number of aromatic amines is 1. The fourth-order valence-electron chi connectivity index (χ4n) is 2.01. The van der Waals surface area contributed by atoms with Crippen LogP contribution >= 0.6 is 0 Å². The summed E-state index contributed by atoms with van der Waals surface area (Å²) in [6.07, 6.45) is 3.45. The molecule has 0 atom stereocenters. The summed E-state index contributed by atoms with van der Waals surface area (Å²) in [5.41, 5.74) is 8.45. The largest absolute Gasteiger partial charge is 0.397 e. The molecule has 1 heterocycles. The second-order valence-corrected chi connectivity index (χ2v) is 4.56. The van der Waals surface area contributed by atoms with E-state index >= 15 is 0 Å². The van der Waals surface area contributed by atoms with Gasteiger partial charge >= 0.3 is 0 Å². The van der Waals surface area contributed by atoms with Gasteiger partial charge in [-0.25, -0.2) is 4.98 Å². The molecule has 0 aliphatic carbocycles. The van der Waals surface area contributed by atoms with Crippen molar-refractivity contribution in [2.75, 3.05) is 11.1 Å². The van der Waals surface area contributed by atoms with Gasteiger partial charge in [0.2, 0.25) is 0 Å². The zero-order valence-corrected chi connectivity index (χ0v) is 13.2. The Morgan fingerprint density at radius 1 is 1.09 bits per heavy atom. The quantitative estimate of drug-likeness (QED) is 0.641. The zero-order chi connectivity index (χ0) is 16.7. The predicted octanol–water partition coefficient (Wildman–Crippen LogP) is 3.94. The summed E-state index contributed by atoms with van der Waals surface area (Å²) in [5.74, 6) is 0.577. The highest BCUT2D eigenvalue weighted by Gasteiger charge is 2.08. The Morgan fingerprint density at radius 2 is 1.78 bits per heavy atom. The van der Waals surface area contributed by atoms with E-state index in [2.05, 4.69) is 15.3 Å². The Kier molecular flexibility index (Phi) is 5.52. The molecule has 0 radical (unpaired) electrons. The molecule has 3 rings (SSSR count). The maximum Gasteiger partial charge on any atom is 0.255 e. The van der Waals surface area contributed by atoms with E-state index in [-0.39, 0.29) is 5.91 Å². The number of benzene rings is 2. The van der Waals surface area contributed by atoms with Crippen molar-refractivity contribution in [2.45, 2.75) is 13.8 Å². The van der Waals surface area contributed by atoms with E-state index in [4.69, 9.17) is 5.73 Å². The third-order valence-corrected chi connectivity index (χ3v) is 3.13. The highest BCUT2D eigenvalue weighted by Crippen LogP contribution is 2.19. The normalized spacial score (nSPS) is 9.65. The summed E-state index contributed by atoms with van der Waals surface area (Å²) in [6, 6.07) is 14.4. The highest BCUT2D eigenvalue weighted by atomic mass is 16.1. The molecule has 3 aromatic rings. The third-order valence-electron chi connectivity index (χ3n) is 3.13. The molecule has 5 heteroatoms. The van der Waals surface area contributed by atoms with Crippen LogP contribution in [0.5, 0.6) is 0 Å². The summed E-state index contributed by atoms with van der Waals surface area (Å²) in [5, 5.41) is 2.79. The molecule has 2 aromatic carbocycles. The van der Waals surface area contributed by atoms with Crippen molar-refractivity contribution in [2.24, 2.45) is 0 Å². The van der Waals surface area contributed by atoms with E-state index in [9.17, 15) is 4.79 Å². The molecule has 0 bridgehead atoms. The first-order chi connectivity index (χ1) is 11.2. The number of H-pyrrole nitrogens is 1. The summed E-state index contributed by atoms with van der Waals surface area (Å²) in [4.78, 5) is 19.4. The van der Waals surface area contributed by atoms with Gasteiger partial charge in [-0.3, -0.25) is 4.79 Å². The number of hydrogen-bond donors (Lipinski definition) is 3. The second-order valence-electron chi connectivity index (χ2n) is 4.56. The summed E-state index contributed by atoms with van der Waals surface area (Å²) >= 11 is 0. The number of nitrogens with zero attached hydrogens (tertiary/aromatic N) is 1. The van der Waals surface area contributed by atoms with Crippen LogP contribution in [0.15, 0.2) is 60.9 Å². The number of para-hydroxylation sites is 2. The first kappa shape index (κ1) is 16.3. The van der Waals surface area contributed by atoms with Crippen LogP contribution in [0.1, 0.15) is 24.2 Å². The fraction of sp³-hybridized carbons (Fsp3) is 0.111. The molecule has 0 saturated heterocycles. The summed E-state index contributed by atoms with van der Waals surface area (Å²) < 4.78 is 0. The van der Waals surface area contributed by atoms with Crippen molar-refractivity contribution in [1.29, 1.82) is 0 Å². The van der Waals surface area contributed by atoms with Gasteiger partial charge in [-0.2, -0.15) is 0 Å². The number of rotatable bonds is 3. The summed E-state index contributed by atoms with van der Waals surface area (Å²) in [6.45, 7) is 4.00. The molecule has 0 aliphatic heterocycles. The van der Waals surface area contributed by atoms with Gasteiger partial charge < -0.3 is 16.0 Å². The Labute approximate surface area is 135 Å². The van der Waals surface area contributed by atoms with Crippen LogP contribution in [0.4, 0.5) is 11.4 Å². The second kappa shape index (κ2) is 7.79. The van der Waals surface area contributed by atoms with E-state index in [1.54, 1.807) is 36.7 Å². The Bertz CT molecular complexity index is 749. The molecule has 0 aliphatic rings. The number of imidazole rings is 1. The van der Waals surface area contributed by atoms with E-state index in [0.29, 0.717) is 16.9 Å². The van der Waals surface area contributed by atoms with Crippen molar-refractivity contribution < 1.29 is 4.79 Å². The van der Waals surface area contributed by atoms with Gasteiger partial charge in [-0.05, 0) is 24.3 Å². The third kappa shape index (κ3) is 3.97. The van der Waals surface area contributed by atoms with Crippen LogP contribution in [0.3, 0.4) is 0 Å². The van der Waals surface area contributed by atoms with Crippen LogP contribution in [0.2, 0.25) is 0 Å². The van der Waals surface area contributed by atoms with Crippen molar-refractivity contribution in [3.8, 4) is 11.4 Å². The first-order valence-electron chi connectivity index (χ1n) is 7.50. The lowest BCUT2D eigenvalue weighted by molar-refractivity contribution is 0.102. The lowest BCUT2D eigenvalue weighted by atomic mass is 10.1. The lowest BCUT2D eigenvalue weighted by Crippen LogP contribution is -2.12. The molecule has 0 saturated carbocycles. The molecule has 1 aromatic heterocycles. The van der Waals surface area contributed by atoms with Crippen LogP contribution in [0.25, 0.3) is 11.4 Å². The maximum absolute atomic E-state index is 12.2. The number of nitrogens with one attached hydrogen (secondary N) is 2.